The van der Waals surface area contributed by atoms with Crippen LogP contribution in [0.1, 0.15) is 36.5 Å². The Kier molecular flexibility index (Phi) is 4.33. The van der Waals surface area contributed by atoms with E-state index in [-0.39, 0.29) is 0 Å². The van der Waals surface area contributed by atoms with Gasteiger partial charge in [-0.25, -0.2) is 0 Å². The van der Waals surface area contributed by atoms with E-state index in [9.17, 15) is 0 Å². The third kappa shape index (κ3) is 2.79. The van der Waals surface area contributed by atoms with Crippen LogP contribution in [-0.2, 0) is 6.42 Å². The molecule has 2 aromatic carbocycles. The molecule has 0 aliphatic carbocycles. The first kappa shape index (κ1) is 14.4. The summed E-state index contributed by atoms with van der Waals surface area (Å²) in [5.74, 6) is 0. The number of unbranched alkanes of at least 4 members (excludes halogenated alkanes) is 1. The van der Waals surface area contributed by atoms with Crippen molar-refractivity contribution in [2.24, 2.45) is 0 Å². The molecular weight excluding hydrogens is 244 g/mol. The summed E-state index contributed by atoms with van der Waals surface area (Å²) in [5.41, 5.74) is 20.0. The van der Waals surface area contributed by atoms with Gasteiger partial charge in [-0.05, 0) is 67.1 Å². The summed E-state index contributed by atoms with van der Waals surface area (Å²) in [6, 6.07) is 10.1. The maximum Gasteiger partial charge on any atom is 0.0395 e. The number of hydrogen-bond acceptors (Lipinski definition) is 2. The van der Waals surface area contributed by atoms with Crippen molar-refractivity contribution in [3.63, 3.8) is 0 Å². The minimum atomic E-state index is 0.758. The van der Waals surface area contributed by atoms with Gasteiger partial charge in [-0.1, -0.05) is 25.5 Å². The molecule has 0 aromatic heterocycles. The minimum Gasteiger partial charge on any atom is -0.399 e. The molecule has 0 amide bonds. The lowest BCUT2D eigenvalue weighted by molar-refractivity contribution is 0.791. The van der Waals surface area contributed by atoms with Gasteiger partial charge in [0.15, 0.2) is 0 Å². The van der Waals surface area contributed by atoms with Gasteiger partial charge in [-0.2, -0.15) is 0 Å². The van der Waals surface area contributed by atoms with Gasteiger partial charge in [0.05, 0.1) is 0 Å². The highest BCUT2D eigenvalue weighted by Crippen LogP contribution is 2.34. The molecule has 2 heteroatoms. The van der Waals surface area contributed by atoms with Crippen molar-refractivity contribution < 1.29 is 0 Å². The molecular formula is C18H24N2. The molecule has 0 heterocycles. The van der Waals surface area contributed by atoms with Crippen molar-refractivity contribution in [3.05, 3.63) is 47.0 Å². The van der Waals surface area contributed by atoms with Gasteiger partial charge in [-0.3, -0.25) is 0 Å². The van der Waals surface area contributed by atoms with Crippen LogP contribution in [0.25, 0.3) is 11.1 Å². The summed E-state index contributed by atoms with van der Waals surface area (Å²) >= 11 is 0. The number of aryl methyl sites for hydroxylation is 1. The Hall–Kier alpha value is -1.96. The number of rotatable bonds is 4. The lowest BCUT2D eigenvalue weighted by Crippen LogP contribution is -2.00. The molecule has 20 heavy (non-hydrogen) atoms. The Morgan fingerprint density at radius 1 is 0.950 bits per heavy atom. The Balaban J connectivity index is 2.60. The number of hydrogen-bond donors (Lipinski definition) is 2. The average Bonchev–Trinajstić information content (AvgIpc) is 2.43. The van der Waals surface area contributed by atoms with Gasteiger partial charge in [-0.15, -0.1) is 0 Å². The molecule has 0 bridgehead atoms. The van der Waals surface area contributed by atoms with Crippen LogP contribution in [0.4, 0.5) is 11.4 Å². The molecule has 0 fully saturated rings. The largest absolute Gasteiger partial charge is 0.399 e. The van der Waals surface area contributed by atoms with Crippen molar-refractivity contribution in [2.45, 2.75) is 40.0 Å². The third-order valence-electron chi connectivity index (χ3n) is 4.02. The van der Waals surface area contributed by atoms with Crippen molar-refractivity contribution in [3.8, 4) is 11.1 Å². The van der Waals surface area contributed by atoms with Gasteiger partial charge in [0.2, 0.25) is 0 Å². The van der Waals surface area contributed by atoms with Gasteiger partial charge < -0.3 is 11.5 Å². The van der Waals surface area contributed by atoms with E-state index in [0.29, 0.717) is 0 Å². The van der Waals surface area contributed by atoms with Gasteiger partial charge in [0.25, 0.3) is 0 Å². The van der Waals surface area contributed by atoms with Crippen LogP contribution < -0.4 is 11.5 Å². The minimum absolute atomic E-state index is 0.758. The predicted molar refractivity (Wildman–Crippen MR) is 88.8 cm³/mol. The molecule has 4 N–H and O–H groups in total. The van der Waals surface area contributed by atoms with E-state index >= 15 is 0 Å². The smallest absolute Gasteiger partial charge is 0.0395 e. The Bertz CT molecular complexity index is 615. The standard InChI is InChI=1S/C18H24N2/c1-4-5-6-15-13(3)12(2)7-9-16(15)17-11-14(19)8-10-18(17)20/h7-11H,4-6,19-20H2,1-3H3. The summed E-state index contributed by atoms with van der Waals surface area (Å²) in [6.45, 7) is 6.59. The molecule has 0 spiro atoms. The zero-order valence-corrected chi connectivity index (χ0v) is 12.7. The number of benzene rings is 2. The van der Waals surface area contributed by atoms with E-state index in [1.165, 1.54) is 35.1 Å². The van der Waals surface area contributed by atoms with Gasteiger partial charge >= 0.3 is 0 Å². The molecule has 106 valence electrons. The predicted octanol–water partition coefficient (Wildman–Crippen LogP) is 4.48. The van der Waals surface area contributed by atoms with Crippen LogP contribution in [0.15, 0.2) is 30.3 Å². The molecule has 0 unspecified atom stereocenters. The fourth-order valence-electron chi connectivity index (χ4n) is 2.61. The highest BCUT2D eigenvalue weighted by atomic mass is 14.6. The van der Waals surface area contributed by atoms with Crippen LogP contribution in [0, 0.1) is 13.8 Å². The Morgan fingerprint density at radius 3 is 2.40 bits per heavy atom. The van der Waals surface area contributed by atoms with Crippen molar-refractivity contribution in [2.75, 3.05) is 11.5 Å². The van der Waals surface area contributed by atoms with Crippen LogP contribution in [0.5, 0.6) is 0 Å². The SMILES string of the molecule is CCCCc1c(-c2cc(N)ccc2N)ccc(C)c1C. The maximum absolute atomic E-state index is 6.15. The quantitative estimate of drug-likeness (QED) is 0.803. The second-order valence-corrected chi connectivity index (χ2v) is 5.48. The Morgan fingerprint density at radius 2 is 1.70 bits per heavy atom. The monoisotopic (exact) mass is 268 g/mol. The normalized spacial score (nSPS) is 10.8. The Labute approximate surface area is 121 Å². The molecule has 2 aromatic rings. The summed E-state index contributed by atoms with van der Waals surface area (Å²) in [6.07, 6.45) is 3.48. The van der Waals surface area contributed by atoms with E-state index in [0.717, 1.165) is 23.4 Å². The highest BCUT2D eigenvalue weighted by molar-refractivity contribution is 5.82. The summed E-state index contributed by atoms with van der Waals surface area (Å²) in [7, 11) is 0. The summed E-state index contributed by atoms with van der Waals surface area (Å²) in [4.78, 5) is 0. The van der Waals surface area contributed by atoms with E-state index in [4.69, 9.17) is 11.5 Å². The van der Waals surface area contributed by atoms with Crippen molar-refractivity contribution in [1.82, 2.24) is 0 Å². The first-order valence-electron chi connectivity index (χ1n) is 7.29. The molecule has 0 atom stereocenters. The molecule has 0 saturated carbocycles. The summed E-state index contributed by atoms with van der Waals surface area (Å²) < 4.78 is 0. The summed E-state index contributed by atoms with van der Waals surface area (Å²) in [5, 5.41) is 0. The maximum atomic E-state index is 6.15. The fourth-order valence-corrected chi connectivity index (χ4v) is 2.61. The molecule has 0 radical (unpaired) electrons. The van der Waals surface area contributed by atoms with Gasteiger partial charge in [0.1, 0.15) is 0 Å². The molecule has 0 aliphatic heterocycles. The first-order valence-corrected chi connectivity index (χ1v) is 7.29. The van der Waals surface area contributed by atoms with E-state index in [1.54, 1.807) is 0 Å². The average molecular weight is 268 g/mol. The van der Waals surface area contributed by atoms with Crippen molar-refractivity contribution in [1.29, 1.82) is 0 Å². The number of anilines is 2. The zero-order chi connectivity index (χ0) is 14.7. The molecule has 2 nitrogen and oxygen atoms in total. The topological polar surface area (TPSA) is 52.0 Å². The fraction of sp³-hybridized carbons (Fsp3) is 0.333. The van der Waals surface area contributed by atoms with Crippen LogP contribution in [0.2, 0.25) is 0 Å². The number of nitrogens with two attached hydrogens (primary N) is 2. The van der Waals surface area contributed by atoms with Crippen LogP contribution in [-0.4, -0.2) is 0 Å². The van der Waals surface area contributed by atoms with Crippen LogP contribution >= 0.6 is 0 Å². The zero-order valence-electron chi connectivity index (χ0n) is 12.7. The third-order valence-corrected chi connectivity index (χ3v) is 4.02. The lowest BCUT2D eigenvalue weighted by Gasteiger charge is -2.17. The molecule has 0 aliphatic rings. The molecule has 0 saturated heterocycles. The van der Waals surface area contributed by atoms with Crippen molar-refractivity contribution >= 4 is 11.4 Å². The second kappa shape index (κ2) is 6.00. The van der Waals surface area contributed by atoms with E-state index in [2.05, 4.69) is 32.9 Å². The second-order valence-electron chi connectivity index (χ2n) is 5.48. The highest BCUT2D eigenvalue weighted by Gasteiger charge is 2.12. The van der Waals surface area contributed by atoms with E-state index in [1.807, 2.05) is 18.2 Å². The molecule has 2 rings (SSSR count). The van der Waals surface area contributed by atoms with Gasteiger partial charge in [0, 0.05) is 16.9 Å². The van der Waals surface area contributed by atoms with E-state index < -0.39 is 0 Å². The number of nitrogen functional groups attached to an aromatic ring is 2. The first-order chi connectivity index (χ1) is 9.54. The van der Waals surface area contributed by atoms with Crippen LogP contribution in [0.3, 0.4) is 0 Å². The lowest BCUT2D eigenvalue weighted by atomic mass is 9.89.